The van der Waals surface area contributed by atoms with Crippen LogP contribution in [0.25, 0.3) is 5.69 Å². The number of hydrogen-bond donors (Lipinski definition) is 1. The number of nitrogens with zero attached hydrogens (tertiary/aromatic N) is 2. The zero-order valence-corrected chi connectivity index (χ0v) is 17.2. The molecule has 3 aromatic rings. The lowest BCUT2D eigenvalue weighted by Gasteiger charge is -2.31. The number of anilines is 1. The fourth-order valence-electron chi connectivity index (χ4n) is 3.22. The molecular weight excluding hydrogens is 428 g/mol. The van der Waals surface area contributed by atoms with Crippen LogP contribution in [0.2, 0.25) is 5.02 Å². The van der Waals surface area contributed by atoms with Crippen molar-refractivity contribution in [3.8, 4) is 17.2 Å². The molecular formula is C22H20ClF2N3O3. The molecule has 162 valence electrons. The largest absolute Gasteiger partial charge is 0.457 e. The van der Waals surface area contributed by atoms with E-state index in [9.17, 15) is 13.6 Å². The minimum absolute atomic E-state index is 0.0387. The second kappa shape index (κ2) is 9.03. The Kier molecular flexibility index (Phi) is 6.20. The zero-order valence-electron chi connectivity index (χ0n) is 16.4. The highest BCUT2D eigenvalue weighted by Gasteiger charge is 2.42. The fourth-order valence-corrected chi connectivity index (χ4v) is 3.42. The molecule has 2 aromatic carbocycles. The van der Waals surface area contributed by atoms with Crippen molar-refractivity contribution in [2.24, 2.45) is 5.92 Å². The quantitative estimate of drug-likeness (QED) is 0.590. The summed E-state index contributed by atoms with van der Waals surface area (Å²) in [6.45, 7) is -0.0973. The number of alkyl halides is 2. The van der Waals surface area contributed by atoms with Gasteiger partial charge in [0.1, 0.15) is 16.5 Å². The predicted molar refractivity (Wildman–Crippen MR) is 114 cm³/mol. The Balaban J connectivity index is 1.47. The molecule has 0 bridgehead atoms. The molecule has 1 N–H and O–H groups in total. The third-order valence-corrected chi connectivity index (χ3v) is 5.38. The lowest BCUT2D eigenvalue weighted by atomic mass is 9.97. The number of benzene rings is 2. The summed E-state index contributed by atoms with van der Waals surface area (Å²) in [5.41, 5.74) is 0.134. The van der Waals surface area contributed by atoms with E-state index in [4.69, 9.17) is 21.1 Å². The molecule has 1 fully saturated rings. The summed E-state index contributed by atoms with van der Waals surface area (Å²) in [6.07, 6.45) is 1.02. The molecule has 9 heteroatoms. The Bertz CT molecular complexity index is 1090. The summed E-state index contributed by atoms with van der Waals surface area (Å²) in [5, 5.41) is 6.80. The van der Waals surface area contributed by atoms with Crippen molar-refractivity contribution >= 4 is 17.3 Å². The average molecular weight is 448 g/mol. The smallest absolute Gasteiger partial charge is 0.292 e. The third kappa shape index (κ3) is 4.86. The number of aromatic nitrogens is 2. The first kappa shape index (κ1) is 21.3. The Morgan fingerprint density at radius 2 is 1.87 bits per heavy atom. The zero-order chi connectivity index (χ0) is 21.8. The van der Waals surface area contributed by atoms with Gasteiger partial charge in [0.2, 0.25) is 0 Å². The van der Waals surface area contributed by atoms with E-state index in [0.29, 0.717) is 17.2 Å². The maximum Gasteiger partial charge on any atom is 0.292 e. The molecule has 1 aromatic heterocycles. The van der Waals surface area contributed by atoms with E-state index in [0.717, 1.165) is 4.68 Å². The van der Waals surface area contributed by atoms with Crippen LogP contribution in [-0.4, -0.2) is 35.5 Å². The minimum Gasteiger partial charge on any atom is -0.457 e. The summed E-state index contributed by atoms with van der Waals surface area (Å²) < 4.78 is 39.9. The van der Waals surface area contributed by atoms with E-state index in [2.05, 4.69) is 10.4 Å². The van der Waals surface area contributed by atoms with Crippen LogP contribution in [0.5, 0.6) is 11.5 Å². The van der Waals surface area contributed by atoms with E-state index in [1.165, 1.54) is 6.20 Å². The van der Waals surface area contributed by atoms with Gasteiger partial charge in [-0.15, -0.1) is 0 Å². The molecule has 0 spiro atoms. The van der Waals surface area contributed by atoms with E-state index in [1.54, 1.807) is 24.3 Å². The summed E-state index contributed by atoms with van der Waals surface area (Å²) in [7, 11) is 0. The highest BCUT2D eigenvalue weighted by Crippen LogP contribution is 2.32. The first-order valence-corrected chi connectivity index (χ1v) is 10.1. The fraction of sp³-hybridized carbons (Fsp3) is 0.273. The van der Waals surface area contributed by atoms with Gasteiger partial charge >= 0.3 is 0 Å². The van der Waals surface area contributed by atoms with Crippen molar-refractivity contribution in [2.45, 2.75) is 12.3 Å². The Morgan fingerprint density at radius 1 is 1.16 bits per heavy atom. The number of halogens is 3. The molecule has 0 amide bonds. The Labute approximate surface area is 182 Å². The molecule has 1 saturated heterocycles. The summed E-state index contributed by atoms with van der Waals surface area (Å²) >= 11 is 6.20. The number of nitrogens with one attached hydrogen (secondary N) is 1. The molecule has 4 rings (SSSR count). The van der Waals surface area contributed by atoms with Gasteiger partial charge < -0.3 is 14.8 Å². The third-order valence-electron chi connectivity index (χ3n) is 5.01. The van der Waals surface area contributed by atoms with Crippen LogP contribution in [-0.2, 0) is 4.74 Å². The minimum atomic E-state index is -2.83. The number of para-hydroxylation sites is 1. The van der Waals surface area contributed by atoms with Gasteiger partial charge in [0, 0.05) is 13.0 Å². The second-order valence-corrected chi connectivity index (χ2v) is 7.54. The van der Waals surface area contributed by atoms with Crippen LogP contribution in [0.1, 0.15) is 6.42 Å². The van der Waals surface area contributed by atoms with Crippen LogP contribution in [0.3, 0.4) is 0 Å². The Morgan fingerprint density at radius 3 is 2.58 bits per heavy atom. The predicted octanol–water partition coefficient (Wildman–Crippen LogP) is 4.76. The average Bonchev–Trinajstić information content (AvgIpc) is 2.77. The van der Waals surface area contributed by atoms with E-state index < -0.39 is 17.4 Å². The van der Waals surface area contributed by atoms with Gasteiger partial charge in [0.15, 0.2) is 0 Å². The lowest BCUT2D eigenvalue weighted by molar-refractivity contribution is -0.136. The maximum atomic E-state index is 14.0. The van der Waals surface area contributed by atoms with Gasteiger partial charge in [-0.3, -0.25) is 4.79 Å². The molecule has 0 unspecified atom stereocenters. The van der Waals surface area contributed by atoms with Gasteiger partial charge in [-0.25, -0.2) is 8.78 Å². The van der Waals surface area contributed by atoms with Gasteiger partial charge in [-0.05, 0) is 36.4 Å². The van der Waals surface area contributed by atoms with Gasteiger partial charge in [-0.2, -0.15) is 9.78 Å². The first-order valence-electron chi connectivity index (χ1n) is 9.75. The topological polar surface area (TPSA) is 65.4 Å². The van der Waals surface area contributed by atoms with Crippen LogP contribution < -0.4 is 15.6 Å². The molecule has 6 nitrogen and oxygen atoms in total. The molecule has 0 aliphatic carbocycles. The molecule has 31 heavy (non-hydrogen) atoms. The van der Waals surface area contributed by atoms with Gasteiger partial charge in [0.05, 0.1) is 36.7 Å². The standard InChI is InChI=1S/C22H20ClF2N3O3/c23-20-19(26-12-15-14-30-11-10-22(15,24)25)13-27-28(21(20)29)16-6-8-18(9-7-16)31-17-4-2-1-3-5-17/h1-9,13,15,26H,10-12,14H2/t15-/m1/s1. The molecule has 0 saturated carbocycles. The molecule has 1 aliphatic heterocycles. The van der Waals surface area contributed by atoms with Crippen molar-refractivity contribution in [1.29, 1.82) is 0 Å². The summed E-state index contributed by atoms with van der Waals surface area (Å²) in [4.78, 5) is 12.7. The number of hydrogen-bond acceptors (Lipinski definition) is 5. The second-order valence-electron chi connectivity index (χ2n) is 7.16. The van der Waals surface area contributed by atoms with Crippen molar-refractivity contribution in [1.82, 2.24) is 9.78 Å². The lowest BCUT2D eigenvalue weighted by Crippen LogP contribution is -2.42. The van der Waals surface area contributed by atoms with E-state index in [1.807, 2.05) is 30.3 Å². The van der Waals surface area contributed by atoms with Crippen LogP contribution >= 0.6 is 11.6 Å². The van der Waals surface area contributed by atoms with Crippen LogP contribution in [0.4, 0.5) is 14.5 Å². The van der Waals surface area contributed by atoms with Crippen molar-refractivity contribution in [3.05, 3.63) is 76.2 Å². The van der Waals surface area contributed by atoms with E-state index >= 15 is 0 Å². The SMILES string of the molecule is O=c1c(Cl)c(NC[C@@H]2COCCC2(F)F)cnn1-c1ccc(Oc2ccccc2)cc1. The van der Waals surface area contributed by atoms with Crippen LogP contribution in [0, 0.1) is 5.92 Å². The van der Waals surface area contributed by atoms with Gasteiger partial charge in [0.25, 0.3) is 11.5 Å². The monoisotopic (exact) mass is 447 g/mol. The molecule has 2 heterocycles. The Hall–Kier alpha value is -2.97. The normalized spacial score (nSPS) is 17.8. The highest BCUT2D eigenvalue weighted by atomic mass is 35.5. The molecule has 1 aliphatic rings. The molecule has 1 atom stereocenters. The van der Waals surface area contributed by atoms with Crippen molar-refractivity contribution in [3.63, 3.8) is 0 Å². The van der Waals surface area contributed by atoms with E-state index in [-0.39, 0.29) is 36.9 Å². The van der Waals surface area contributed by atoms with Crippen LogP contribution in [0.15, 0.2) is 65.6 Å². The highest BCUT2D eigenvalue weighted by molar-refractivity contribution is 6.32. The number of ether oxygens (including phenoxy) is 2. The summed E-state index contributed by atoms with van der Waals surface area (Å²) in [6, 6.07) is 16.1. The van der Waals surface area contributed by atoms with Crippen molar-refractivity contribution in [2.75, 3.05) is 25.1 Å². The number of rotatable bonds is 6. The molecule has 0 radical (unpaired) electrons. The maximum absolute atomic E-state index is 14.0. The summed E-state index contributed by atoms with van der Waals surface area (Å²) in [5.74, 6) is -2.54. The van der Waals surface area contributed by atoms with Crippen molar-refractivity contribution < 1.29 is 18.3 Å². The van der Waals surface area contributed by atoms with Gasteiger partial charge in [-0.1, -0.05) is 29.8 Å². The first-order chi connectivity index (χ1) is 14.9.